The molecule has 0 aliphatic carbocycles. The van der Waals surface area contributed by atoms with Gasteiger partial charge in [0.2, 0.25) is 5.91 Å². The molecule has 1 aliphatic heterocycles. The molecule has 1 atom stereocenters. The van der Waals surface area contributed by atoms with Crippen LogP contribution in [0.15, 0.2) is 65.8 Å². The molecule has 7 heteroatoms. The maximum atomic E-state index is 12.6. The Kier molecular flexibility index (Phi) is 9.76. The van der Waals surface area contributed by atoms with Crippen LogP contribution in [0.5, 0.6) is 5.75 Å². The van der Waals surface area contributed by atoms with Crippen LogP contribution in [0.3, 0.4) is 0 Å². The summed E-state index contributed by atoms with van der Waals surface area (Å²) in [7, 11) is 4.00. The average molecular weight is 436 g/mol. The Morgan fingerprint density at radius 1 is 1.28 bits per heavy atom. The third-order valence-corrected chi connectivity index (χ3v) is 4.87. The highest BCUT2D eigenvalue weighted by molar-refractivity contribution is 6.03. The molecule has 2 aromatic heterocycles. The first-order valence-corrected chi connectivity index (χ1v) is 10.9. The van der Waals surface area contributed by atoms with Gasteiger partial charge in [-0.15, -0.1) is 6.58 Å². The number of carbonyl (C=O) groups excluding carboxylic acids is 1. The van der Waals surface area contributed by atoms with Crippen LogP contribution in [0, 0.1) is 0 Å². The monoisotopic (exact) mass is 435 g/mol. The summed E-state index contributed by atoms with van der Waals surface area (Å²) in [5, 5.41) is 2.88. The van der Waals surface area contributed by atoms with Crippen molar-refractivity contribution in [3.05, 3.63) is 66.5 Å². The third-order valence-electron chi connectivity index (χ3n) is 4.87. The number of rotatable bonds is 8. The molecule has 3 heterocycles. The largest absolute Gasteiger partial charge is 0.483 e. The summed E-state index contributed by atoms with van der Waals surface area (Å²) in [5.41, 5.74) is 2.37. The smallest absolute Gasteiger partial charge is 0.229 e. The van der Waals surface area contributed by atoms with Gasteiger partial charge >= 0.3 is 0 Å². The molecule has 2 aromatic rings. The number of hydrogen-bond donors (Lipinski definition) is 1. The highest BCUT2D eigenvalue weighted by Gasteiger charge is 2.17. The van der Waals surface area contributed by atoms with Crippen molar-refractivity contribution in [2.45, 2.75) is 39.7 Å². The lowest BCUT2D eigenvalue weighted by Gasteiger charge is -2.22. The van der Waals surface area contributed by atoms with E-state index in [9.17, 15) is 4.79 Å². The number of ether oxygens (including phenoxy) is 1. The molecule has 1 N–H and O–H groups in total. The Balaban J connectivity index is 0.00000176. The van der Waals surface area contributed by atoms with Gasteiger partial charge in [0.15, 0.2) is 11.6 Å². The Hall–Kier alpha value is -3.32. The summed E-state index contributed by atoms with van der Waals surface area (Å²) in [5.74, 6) is 1.56. The van der Waals surface area contributed by atoms with Crippen molar-refractivity contribution >= 4 is 23.3 Å². The summed E-state index contributed by atoms with van der Waals surface area (Å²) >= 11 is 0. The Morgan fingerprint density at radius 3 is 2.75 bits per heavy atom. The molecule has 32 heavy (non-hydrogen) atoms. The summed E-state index contributed by atoms with van der Waals surface area (Å²) in [4.78, 5) is 28.0. The fraction of sp³-hybridized carbons (Fsp3) is 0.360. The van der Waals surface area contributed by atoms with E-state index in [4.69, 9.17) is 4.74 Å². The van der Waals surface area contributed by atoms with Gasteiger partial charge in [-0.2, -0.15) is 0 Å². The van der Waals surface area contributed by atoms with E-state index in [1.165, 1.54) is 0 Å². The molecule has 3 rings (SSSR count). The Bertz CT molecular complexity index is 982. The molecule has 1 aliphatic rings. The zero-order valence-corrected chi connectivity index (χ0v) is 19.6. The molecule has 7 nitrogen and oxygen atoms in total. The predicted molar refractivity (Wildman–Crippen MR) is 131 cm³/mol. The maximum absolute atomic E-state index is 12.6. The summed E-state index contributed by atoms with van der Waals surface area (Å²) < 4.78 is 5.71. The number of aliphatic imine (C=N–C) groups is 1. The van der Waals surface area contributed by atoms with Crippen LogP contribution >= 0.6 is 0 Å². The zero-order chi connectivity index (χ0) is 23.5. The maximum Gasteiger partial charge on any atom is 0.229 e. The lowest BCUT2D eigenvalue weighted by Crippen LogP contribution is -2.26. The second-order valence-corrected chi connectivity index (χ2v) is 7.22. The lowest BCUT2D eigenvalue weighted by molar-refractivity contribution is -0.115. The van der Waals surface area contributed by atoms with E-state index in [0.29, 0.717) is 41.8 Å². The summed E-state index contributed by atoms with van der Waals surface area (Å²) in [6, 6.07) is 9.27. The molecule has 0 fully saturated rings. The molecule has 1 unspecified atom stereocenters. The predicted octanol–water partition coefficient (Wildman–Crippen LogP) is 4.80. The van der Waals surface area contributed by atoms with E-state index < -0.39 is 0 Å². The number of nitrogens with one attached hydrogen (secondary N) is 1. The first kappa shape index (κ1) is 24.9. The Morgan fingerprint density at radius 2 is 2.06 bits per heavy atom. The van der Waals surface area contributed by atoms with Crippen molar-refractivity contribution in [1.29, 1.82) is 0 Å². The number of anilines is 1. The van der Waals surface area contributed by atoms with Gasteiger partial charge in [-0.05, 0) is 51.7 Å². The van der Waals surface area contributed by atoms with Crippen molar-refractivity contribution in [2.75, 3.05) is 26.0 Å². The number of aromatic nitrogens is 2. The number of carbonyl (C=O) groups is 1. The van der Waals surface area contributed by atoms with E-state index in [1.807, 2.05) is 71.3 Å². The SMILES string of the molecule is C=CC(C/C(=C\C)CC(=O)Nc1cccc(C2=Nc3ncccc3OC2)n1)N(C)C.CC. The van der Waals surface area contributed by atoms with Gasteiger partial charge in [0, 0.05) is 18.7 Å². The highest BCUT2D eigenvalue weighted by atomic mass is 16.5. The van der Waals surface area contributed by atoms with E-state index >= 15 is 0 Å². The quantitative estimate of drug-likeness (QED) is 0.603. The minimum absolute atomic E-state index is 0.108. The summed E-state index contributed by atoms with van der Waals surface area (Å²) in [6.07, 6.45) is 6.62. The average Bonchev–Trinajstić information content (AvgIpc) is 2.82. The number of pyridine rings is 2. The highest BCUT2D eigenvalue weighted by Crippen LogP contribution is 2.28. The van der Waals surface area contributed by atoms with Gasteiger partial charge in [0.25, 0.3) is 0 Å². The van der Waals surface area contributed by atoms with Gasteiger partial charge in [-0.3, -0.25) is 4.79 Å². The van der Waals surface area contributed by atoms with Gasteiger partial charge < -0.3 is 15.0 Å². The van der Waals surface area contributed by atoms with Crippen LogP contribution in [-0.2, 0) is 4.79 Å². The zero-order valence-electron chi connectivity index (χ0n) is 19.6. The van der Waals surface area contributed by atoms with Crippen LogP contribution < -0.4 is 10.1 Å². The molecular weight excluding hydrogens is 402 g/mol. The van der Waals surface area contributed by atoms with Crippen molar-refractivity contribution in [3.8, 4) is 5.75 Å². The van der Waals surface area contributed by atoms with Crippen molar-refractivity contribution < 1.29 is 9.53 Å². The van der Waals surface area contributed by atoms with Crippen molar-refractivity contribution in [1.82, 2.24) is 14.9 Å². The number of nitrogens with zero attached hydrogens (tertiary/aromatic N) is 4. The third kappa shape index (κ3) is 6.85. The van der Waals surface area contributed by atoms with E-state index in [2.05, 4.69) is 31.8 Å². The molecule has 0 saturated carbocycles. The molecule has 0 spiro atoms. The van der Waals surface area contributed by atoms with Crippen molar-refractivity contribution in [2.24, 2.45) is 4.99 Å². The first-order valence-electron chi connectivity index (χ1n) is 10.9. The number of likely N-dealkylation sites (N-methyl/N-ethyl adjacent to an activating group) is 1. The molecule has 1 amide bonds. The standard InChI is InChI=1S/C23H27N5O2.C2H6/c1-5-16(13-17(6-2)28(3)4)14-22(29)27-21-11-7-9-18(25-21)19-15-30-20-10-8-12-24-23(20)26-19;1-2/h5-12,17H,2,13-15H2,1,3-4H3,(H,25,27,29);1-2H3/b16-5+;. The minimum atomic E-state index is -0.108. The number of amides is 1. The fourth-order valence-corrected chi connectivity index (χ4v) is 3.11. The lowest BCUT2D eigenvalue weighted by atomic mass is 10.0. The first-order chi connectivity index (χ1) is 15.5. The van der Waals surface area contributed by atoms with E-state index in [0.717, 1.165) is 12.0 Å². The second kappa shape index (κ2) is 12.5. The molecule has 0 aromatic carbocycles. The number of allylic oxidation sites excluding steroid dienone is 1. The van der Waals surface area contributed by atoms with Crippen molar-refractivity contribution in [3.63, 3.8) is 0 Å². The fourth-order valence-electron chi connectivity index (χ4n) is 3.11. The molecule has 170 valence electrons. The van der Waals surface area contributed by atoms with Crippen LogP contribution in [0.25, 0.3) is 0 Å². The Labute approximate surface area is 191 Å². The normalized spacial score (nSPS) is 13.7. The van der Waals surface area contributed by atoms with Gasteiger partial charge in [0.05, 0.1) is 5.69 Å². The topological polar surface area (TPSA) is 79.7 Å². The number of fused-ring (bicyclic) bond motifs is 1. The second-order valence-electron chi connectivity index (χ2n) is 7.22. The van der Waals surface area contributed by atoms with Crippen LogP contribution in [0.4, 0.5) is 11.6 Å². The van der Waals surface area contributed by atoms with Crippen LogP contribution in [0.2, 0.25) is 0 Å². The van der Waals surface area contributed by atoms with Crippen LogP contribution in [-0.4, -0.2) is 53.2 Å². The molecule has 0 radical (unpaired) electrons. The molecular formula is C25H33N5O2. The van der Waals surface area contributed by atoms with E-state index in [1.54, 1.807) is 12.3 Å². The minimum Gasteiger partial charge on any atom is -0.483 e. The van der Waals surface area contributed by atoms with Gasteiger partial charge in [0.1, 0.15) is 18.1 Å². The summed E-state index contributed by atoms with van der Waals surface area (Å²) in [6.45, 7) is 10.1. The van der Waals surface area contributed by atoms with Gasteiger partial charge in [-0.1, -0.05) is 37.6 Å². The van der Waals surface area contributed by atoms with Crippen LogP contribution in [0.1, 0.15) is 39.3 Å². The molecule has 0 bridgehead atoms. The van der Waals surface area contributed by atoms with Gasteiger partial charge in [-0.25, -0.2) is 15.0 Å². The van der Waals surface area contributed by atoms with E-state index in [-0.39, 0.29) is 11.9 Å². The molecule has 0 saturated heterocycles. The number of hydrogen-bond acceptors (Lipinski definition) is 6.